The molecule has 0 aliphatic rings. The highest BCUT2D eigenvalue weighted by Crippen LogP contribution is 2.20. The zero-order valence-corrected chi connectivity index (χ0v) is 15.3. The lowest BCUT2D eigenvalue weighted by atomic mass is 10.00. The number of pyridine rings is 3. The molecule has 0 fully saturated rings. The Morgan fingerprint density at radius 1 is 0.857 bits per heavy atom. The number of nitrogens with zero attached hydrogens (tertiary/aromatic N) is 3. The van der Waals surface area contributed by atoms with Crippen LogP contribution in [0.25, 0.3) is 10.8 Å². The van der Waals surface area contributed by atoms with Gasteiger partial charge in [0.2, 0.25) is 5.91 Å². The Hall–Kier alpha value is -3.60. The van der Waals surface area contributed by atoms with E-state index in [2.05, 4.69) is 20.3 Å². The van der Waals surface area contributed by atoms with Crippen LogP contribution in [0.15, 0.2) is 85.7 Å². The first-order chi connectivity index (χ1) is 13.8. The number of fused-ring (bicyclic) bond motifs is 1. The van der Waals surface area contributed by atoms with Gasteiger partial charge in [-0.2, -0.15) is 0 Å². The van der Waals surface area contributed by atoms with Crippen molar-refractivity contribution >= 4 is 16.7 Å². The van der Waals surface area contributed by atoms with Gasteiger partial charge in [0.15, 0.2) is 0 Å². The fraction of sp³-hybridized carbons (Fsp3) is 0.130. The molecule has 0 aliphatic heterocycles. The Balaban J connectivity index is 1.55. The Morgan fingerprint density at radius 2 is 1.68 bits per heavy atom. The van der Waals surface area contributed by atoms with Gasteiger partial charge in [0.25, 0.3) is 0 Å². The van der Waals surface area contributed by atoms with E-state index in [9.17, 15) is 4.79 Å². The third kappa shape index (κ3) is 4.20. The summed E-state index contributed by atoms with van der Waals surface area (Å²) in [6, 6.07) is 15.5. The number of carbonyl (C=O) groups excluding carboxylic acids is 1. The van der Waals surface area contributed by atoms with E-state index in [1.54, 1.807) is 24.8 Å². The maximum absolute atomic E-state index is 12.9. The van der Waals surface area contributed by atoms with Gasteiger partial charge in [-0.25, -0.2) is 0 Å². The Bertz CT molecular complexity index is 1060. The van der Waals surface area contributed by atoms with Crippen LogP contribution in [0.5, 0.6) is 0 Å². The highest BCUT2D eigenvalue weighted by atomic mass is 16.1. The number of benzene rings is 1. The van der Waals surface area contributed by atoms with E-state index in [1.807, 2.05) is 60.9 Å². The van der Waals surface area contributed by atoms with Gasteiger partial charge < -0.3 is 5.32 Å². The van der Waals surface area contributed by atoms with Crippen molar-refractivity contribution in [1.29, 1.82) is 0 Å². The summed E-state index contributed by atoms with van der Waals surface area (Å²) >= 11 is 0. The first kappa shape index (κ1) is 17.8. The van der Waals surface area contributed by atoms with E-state index in [0.717, 1.165) is 27.5 Å². The Morgan fingerprint density at radius 3 is 2.46 bits per heavy atom. The lowest BCUT2D eigenvalue weighted by Gasteiger charge is -2.19. The molecular weight excluding hydrogens is 348 g/mol. The van der Waals surface area contributed by atoms with Crippen molar-refractivity contribution in [3.05, 3.63) is 102 Å². The standard InChI is InChI=1S/C23H20N4O/c28-23(13-18-5-1-6-19-15-26-11-8-21(18)19)27-22(20-7-3-10-25-16-20)12-17-4-2-9-24-14-17/h1-11,14-16,22H,12-13H2,(H,27,28). The smallest absolute Gasteiger partial charge is 0.224 e. The van der Waals surface area contributed by atoms with Gasteiger partial charge in [-0.05, 0) is 46.7 Å². The van der Waals surface area contributed by atoms with Crippen molar-refractivity contribution in [1.82, 2.24) is 20.3 Å². The normalized spacial score (nSPS) is 11.9. The second-order valence-corrected chi connectivity index (χ2v) is 6.66. The zero-order chi connectivity index (χ0) is 19.2. The molecule has 1 N–H and O–H groups in total. The average Bonchev–Trinajstić information content (AvgIpc) is 2.75. The summed E-state index contributed by atoms with van der Waals surface area (Å²) in [5.74, 6) is -0.0259. The van der Waals surface area contributed by atoms with Crippen molar-refractivity contribution in [3.8, 4) is 0 Å². The molecule has 0 saturated heterocycles. The van der Waals surface area contributed by atoms with Gasteiger partial charge in [0.05, 0.1) is 12.5 Å². The molecule has 3 aromatic heterocycles. The lowest BCUT2D eigenvalue weighted by Crippen LogP contribution is -2.31. The lowest BCUT2D eigenvalue weighted by molar-refractivity contribution is -0.121. The number of hydrogen-bond donors (Lipinski definition) is 1. The monoisotopic (exact) mass is 368 g/mol. The summed E-state index contributed by atoms with van der Waals surface area (Å²) in [4.78, 5) is 25.4. The summed E-state index contributed by atoms with van der Waals surface area (Å²) in [7, 11) is 0. The first-order valence-corrected chi connectivity index (χ1v) is 9.19. The van der Waals surface area contributed by atoms with Gasteiger partial charge in [0, 0.05) is 42.6 Å². The van der Waals surface area contributed by atoms with Crippen LogP contribution in [0.4, 0.5) is 0 Å². The van der Waals surface area contributed by atoms with Crippen molar-refractivity contribution < 1.29 is 4.79 Å². The largest absolute Gasteiger partial charge is 0.349 e. The molecule has 0 saturated carbocycles. The topological polar surface area (TPSA) is 67.8 Å². The van der Waals surface area contributed by atoms with E-state index in [4.69, 9.17) is 0 Å². The molecule has 4 aromatic rings. The first-order valence-electron chi connectivity index (χ1n) is 9.19. The molecule has 5 nitrogen and oxygen atoms in total. The number of amides is 1. The molecule has 138 valence electrons. The fourth-order valence-corrected chi connectivity index (χ4v) is 3.35. The van der Waals surface area contributed by atoms with Crippen molar-refractivity contribution in [2.24, 2.45) is 0 Å². The summed E-state index contributed by atoms with van der Waals surface area (Å²) in [6.07, 6.45) is 11.6. The maximum Gasteiger partial charge on any atom is 0.224 e. The molecule has 0 radical (unpaired) electrons. The molecule has 0 spiro atoms. The third-order valence-electron chi connectivity index (χ3n) is 4.71. The van der Waals surface area contributed by atoms with E-state index < -0.39 is 0 Å². The molecule has 28 heavy (non-hydrogen) atoms. The highest BCUT2D eigenvalue weighted by Gasteiger charge is 2.17. The minimum absolute atomic E-state index is 0.0259. The van der Waals surface area contributed by atoms with Crippen molar-refractivity contribution in [3.63, 3.8) is 0 Å². The Labute approximate surface area is 163 Å². The average molecular weight is 368 g/mol. The van der Waals surface area contributed by atoms with Crippen LogP contribution >= 0.6 is 0 Å². The second kappa shape index (κ2) is 8.39. The summed E-state index contributed by atoms with van der Waals surface area (Å²) in [5.41, 5.74) is 3.03. The SMILES string of the molecule is O=C(Cc1cccc2cnccc12)NC(Cc1cccnc1)c1cccnc1. The van der Waals surface area contributed by atoms with Gasteiger partial charge in [0.1, 0.15) is 0 Å². The molecule has 1 atom stereocenters. The number of carbonyl (C=O) groups is 1. The third-order valence-corrected chi connectivity index (χ3v) is 4.71. The minimum atomic E-state index is -0.165. The molecule has 1 unspecified atom stereocenters. The zero-order valence-electron chi connectivity index (χ0n) is 15.3. The van der Waals surface area contributed by atoms with Crippen molar-refractivity contribution in [2.45, 2.75) is 18.9 Å². The summed E-state index contributed by atoms with van der Waals surface area (Å²) in [5, 5.41) is 5.26. The van der Waals surface area contributed by atoms with Gasteiger partial charge in [-0.1, -0.05) is 30.3 Å². The van der Waals surface area contributed by atoms with Gasteiger partial charge in [-0.15, -0.1) is 0 Å². The van der Waals surface area contributed by atoms with Gasteiger partial charge >= 0.3 is 0 Å². The minimum Gasteiger partial charge on any atom is -0.349 e. The number of aromatic nitrogens is 3. The van der Waals surface area contributed by atoms with Crippen molar-refractivity contribution in [2.75, 3.05) is 0 Å². The molecule has 1 amide bonds. The maximum atomic E-state index is 12.9. The quantitative estimate of drug-likeness (QED) is 0.564. The van der Waals surface area contributed by atoms with Crippen LogP contribution in [0.3, 0.4) is 0 Å². The number of nitrogens with one attached hydrogen (secondary N) is 1. The van der Waals surface area contributed by atoms with E-state index in [1.165, 1.54) is 0 Å². The second-order valence-electron chi connectivity index (χ2n) is 6.66. The van der Waals surface area contributed by atoms with Crippen LogP contribution in [0, 0.1) is 0 Å². The summed E-state index contributed by atoms with van der Waals surface area (Å²) in [6.45, 7) is 0. The Kier molecular flexibility index (Phi) is 5.33. The van der Waals surface area contributed by atoms with Crippen LogP contribution in [-0.2, 0) is 17.6 Å². The van der Waals surface area contributed by atoms with E-state index in [0.29, 0.717) is 12.8 Å². The van der Waals surface area contributed by atoms with Crippen LogP contribution < -0.4 is 5.32 Å². The van der Waals surface area contributed by atoms with E-state index in [-0.39, 0.29) is 11.9 Å². The van der Waals surface area contributed by atoms with Crippen LogP contribution in [0.2, 0.25) is 0 Å². The predicted molar refractivity (Wildman–Crippen MR) is 109 cm³/mol. The summed E-state index contributed by atoms with van der Waals surface area (Å²) < 4.78 is 0. The molecule has 4 rings (SSSR count). The fourth-order valence-electron chi connectivity index (χ4n) is 3.35. The predicted octanol–water partition coefficient (Wildman–Crippen LogP) is 3.67. The number of hydrogen-bond acceptors (Lipinski definition) is 4. The molecular formula is C23H20N4O. The van der Waals surface area contributed by atoms with Gasteiger partial charge in [-0.3, -0.25) is 19.7 Å². The highest BCUT2D eigenvalue weighted by molar-refractivity contribution is 5.89. The molecule has 5 heteroatoms. The molecule has 0 aliphatic carbocycles. The molecule has 3 heterocycles. The molecule has 0 bridgehead atoms. The van der Waals surface area contributed by atoms with E-state index >= 15 is 0 Å². The van der Waals surface area contributed by atoms with Crippen LogP contribution in [0.1, 0.15) is 22.7 Å². The molecule has 1 aromatic carbocycles. The van der Waals surface area contributed by atoms with Crippen LogP contribution in [-0.4, -0.2) is 20.9 Å². The number of rotatable bonds is 6.